The third-order valence-electron chi connectivity index (χ3n) is 9.76. The van der Waals surface area contributed by atoms with Crippen LogP contribution in [0.2, 0.25) is 0 Å². The number of rotatable bonds is 6. The summed E-state index contributed by atoms with van der Waals surface area (Å²) < 4.78 is 42.2. The van der Waals surface area contributed by atoms with Gasteiger partial charge < -0.3 is 24.7 Å². The van der Waals surface area contributed by atoms with E-state index in [0.29, 0.717) is 48.9 Å². The minimum atomic E-state index is -4.80. The Balaban J connectivity index is 1.29. The number of carbonyl (C=O) groups excluding carboxylic acids is 1. The van der Waals surface area contributed by atoms with Crippen LogP contribution in [0.15, 0.2) is 60.7 Å². The molecule has 8 rings (SSSR count). The van der Waals surface area contributed by atoms with E-state index in [1.165, 1.54) is 29.2 Å². The van der Waals surface area contributed by atoms with Crippen LogP contribution in [0, 0.1) is 17.3 Å². The highest BCUT2D eigenvalue weighted by atomic mass is 19.4. The number of carboxylic acids is 1. The zero-order chi connectivity index (χ0) is 29.4. The smallest absolute Gasteiger partial charge is 0.480 e. The summed E-state index contributed by atoms with van der Waals surface area (Å²) >= 11 is 0. The number of nitrogens with zero attached hydrogens (tertiary/aromatic N) is 2. The summed E-state index contributed by atoms with van der Waals surface area (Å²) in [5.41, 5.74) is 0.0975. The maximum absolute atomic E-state index is 14.2. The highest BCUT2D eigenvalue weighted by Crippen LogP contribution is 2.63. The summed E-state index contributed by atoms with van der Waals surface area (Å²) in [5.74, 6) is -1.30. The summed E-state index contributed by atoms with van der Waals surface area (Å²) in [6.07, 6.45) is -0.766. The van der Waals surface area contributed by atoms with Crippen molar-refractivity contribution in [2.45, 2.75) is 63.1 Å². The van der Waals surface area contributed by atoms with E-state index in [9.17, 15) is 33.0 Å². The van der Waals surface area contributed by atoms with Crippen molar-refractivity contribution in [3.05, 3.63) is 71.8 Å². The molecule has 4 aliphatic carbocycles. The monoisotopic (exact) mass is 580 g/mol. The van der Waals surface area contributed by atoms with E-state index in [0.717, 1.165) is 17.2 Å². The number of anilines is 1. The number of hydrogen-bond acceptors (Lipinski definition) is 5. The molecule has 1 heterocycles. The van der Waals surface area contributed by atoms with Crippen LogP contribution in [0.25, 0.3) is 10.8 Å². The van der Waals surface area contributed by atoms with Crippen LogP contribution < -0.4 is 9.64 Å². The lowest BCUT2D eigenvalue weighted by Crippen LogP contribution is -2.66. The molecule has 3 atom stereocenters. The number of carbonyl (C=O) groups is 2. The van der Waals surface area contributed by atoms with E-state index in [1.54, 1.807) is 6.07 Å². The average Bonchev–Trinajstić information content (AvgIpc) is 2.89. The highest BCUT2D eigenvalue weighted by Gasteiger charge is 2.63. The minimum absolute atomic E-state index is 0.00682. The zero-order valence-electron chi connectivity index (χ0n) is 22.8. The fourth-order valence-electron chi connectivity index (χ4n) is 8.92. The van der Waals surface area contributed by atoms with Crippen molar-refractivity contribution in [3.63, 3.8) is 0 Å². The Bertz CT molecular complexity index is 1560. The maximum Gasteiger partial charge on any atom is 0.573 e. The molecule has 4 fully saturated rings. The predicted octanol–water partition coefficient (Wildman–Crippen LogP) is 5.94. The molecule has 10 heteroatoms. The van der Waals surface area contributed by atoms with Gasteiger partial charge in [-0.25, -0.2) is 4.79 Å². The number of alkyl halides is 3. The third kappa shape index (κ3) is 4.56. The molecule has 5 aliphatic rings. The van der Waals surface area contributed by atoms with Crippen LogP contribution in [-0.2, 0) is 11.3 Å². The first-order valence-corrected chi connectivity index (χ1v) is 14.3. The van der Waals surface area contributed by atoms with Crippen LogP contribution in [0.1, 0.15) is 54.4 Å². The number of ether oxygens (including phenoxy) is 1. The van der Waals surface area contributed by atoms with Crippen LogP contribution in [0.5, 0.6) is 5.75 Å². The SMILES string of the molecule is O=C(O)C(N1CN(Cc2ccc(OC(F)(F)F)cc2)c2c(ccc3ccccc23)C1=O)C12CC3CC(CC(O)(C3)C1)C2. The third-order valence-corrected chi connectivity index (χ3v) is 9.76. The number of fused-ring (bicyclic) bond motifs is 3. The minimum Gasteiger partial charge on any atom is -0.480 e. The standard InChI is InChI=1S/C32H31F3N2O5/c33-32(34,35)42-23-8-5-19(6-9-23)16-36-18-37(28(38)25-10-7-22-3-1-2-4-24(22)26(25)36)27(29(39)40)30-12-20-11-21(13-30)15-31(41,14-20)17-30/h1-10,20-21,27,41H,11-18H2,(H,39,40). The summed E-state index contributed by atoms with van der Waals surface area (Å²) in [6, 6.07) is 15.6. The van der Waals surface area contributed by atoms with Crippen molar-refractivity contribution < 1.29 is 37.7 Å². The van der Waals surface area contributed by atoms with Gasteiger partial charge in [0.05, 0.1) is 23.5 Å². The molecule has 1 amide bonds. The molecule has 3 aromatic carbocycles. The van der Waals surface area contributed by atoms with Gasteiger partial charge in [-0.1, -0.05) is 42.5 Å². The first-order chi connectivity index (χ1) is 19.9. The Morgan fingerprint density at radius 2 is 1.69 bits per heavy atom. The molecule has 3 aromatic rings. The number of aliphatic hydroxyl groups is 1. The maximum atomic E-state index is 14.2. The van der Waals surface area contributed by atoms with Gasteiger partial charge in [0, 0.05) is 17.3 Å². The van der Waals surface area contributed by atoms with Gasteiger partial charge >= 0.3 is 12.3 Å². The summed E-state index contributed by atoms with van der Waals surface area (Å²) in [7, 11) is 0. The first kappa shape index (κ1) is 27.1. The molecular formula is C32H31F3N2O5. The van der Waals surface area contributed by atoms with E-state index in [2.05, 4.69) is 4.74 Å². The Kier molecular flexibility index (Phi) is 6.03. The van der Waals surface area contributed by atoms with E-state index in [1.807, 2.05) is 35.2 Å². The predicted molar refractivity (Wildman–Crippen MR) is 148 cm³/mol. The Morgan fingerprint density at radius 3 is 2.33 bits per heavy atom. The van der Waals surface area contributed by atoms with Gasteiger partial charge in [-0.05, 0) is 79.5 Å². The highest BCUT2D eigenvalue weighted by molar-refractivity contribution is 6.11. The first-order valence-electron chi connectivity index (χ1n) is 14.3. The molecule has 4 bridgehead atoms. The second-order valence-electron chi connectivity index (χ2n) is 12.8. The number of hydrogen-bond donors (Lipinski definition) is 2. The molecule has 4 saturated carbocycles. The Hall–Kier alpha value is -3.79. The molecule has 220 valence electrons. The topological polar surface area (TPSA) is 90.3 Å². The summed E-state index contributed by atoms with van der Waals surface area (Å²) in [5, 5.41) is 23.8. The molecule has 0 aromatic heterocycles. The largest absolute Gasteiger partial charge is 0.573 e. The van der Waals surface area contributed by atoms with Gasteiger partial charge in [-0.3, -0.25) is 4.79 Å². The van der Waals surface area contributed by atoms with Gasteiger partial charge in [-0.15, -0.1) is 13.2 Å². The van der Waals surface area contributed by atoms with Crippen LogP contribution >= 0.6 is 0 Å². The van der Waals surface area contributed by atoms with Crippen LogP contribution in [0.3, 0.4) is 0 Å². The lowest BCUT2D eigenvalue weighted by atomic mass is 9.46. The van der Waals surface area contributed by atoms with Crippen LogP contribution in [-0.4, -0.2) is 51.7 Å². The number of amides is 1. The molecule has 0 radical (unpaired) electrons. The summed E-state index contributed by atoms with van der Waals surface area (Å²) in [4.78, 5) is 30.7. The van der Waals surface area contributed by atoms with Gasteiger partial charge in [0.25, 0.3) is 5.91 Å². The van der Waals surface area contributed by atoms with E-state index < -0.39 is 29.4 Å². The van der Waals surface area contributed by atoms with Crippen molar-refractivity contribution in [2.75, 3.05) is 11.6 Å². The van der Waals surface area contributed by atoms with Crippen LogP contribution in [0.4, 0.5) is 18.9 Å². The molecule has 0 saturated heterocycles. The number of halogens is 3. The Morgan fingerprint density at radius 1 is 1.00 bits per heavy atom. The molecule has 2 N–H and O–H groups in total. The second-order valence-corrected chi connectivity index (χ2v) is 12.8. The van der Waals surface area contributed by atoms with E-state index in [4.69, 9.17) is 0 Å². The lowest BCUT2D eigenvalue weighted by molar-refractivity contribution is -0.274. The average molecular weight is 581 g/mol. The van der Waals surface area contributed by atoms with E-state index in [-0.39, 0.29) is 36.7 Å². The number of aliphatic carboxylic acids is 1. The number of benzene rings is 3. The molecule has 3 unspecified atom stereocenters. The molecular weight excluding hydrogens is 549 g/mol. The van der Waals surface area contributed by atoms with Gasteiger partial charge in [0.1, 0.15) is 11.8 Å². The van der Waals surface area contributed by atoms with Crippen molar-refractivity contribution in [1.29, 1.82) is 0 Å². The van der Waals surface area contributed by atoms with Gasteiger partial charge in [0.2, 0.25) is 0 Å². The van der Waals surface area contributed by atoms with Crippen molar-refractivity contribution in [2.24, 2.45) is 17.3 Å². The fourth-order valence-corrected chi connectivity index (χ4v) is 8.92. The van der Waals surface area contributed by atoms with Gasteiger partial charge in [0.15, 0.2) is 0 Å². The fraction of sp³-hybridized carbons (Fsp3) is 0.438. The molecule has 0 spiro atoms. The van der Waals surface area contributed by atoms with Crippen molar-refractivity contribution in [1.82, 2.24) is 4.90 Å². The normalized spacial score (nSPS) is 29.1. The van der Waals surface area contributed by atoms with Gasteiger partial charge in [-0.2, -0.15) is 0 Å². The molecule has 1 aliphatic heterocycles. The zero-order valence-corrected chi connectivity index (χ0v) is 22.8. The lowest BCUT2D eigenvalue weighted by Gasteiger charge is -2.63. The van der Waals surface area contributed by atoms with Crippen molar-refractivity contribution >= 4 is 28.3 Å². The second kappa shape index (κ2) is 9.36. The summed E-state index contributed by atoms with van der Waals surface area (Å²) in [6.45, 7) is 0.221. The molecule has 7 nitrogen and oxygen atoms in total. The Labute approximate surface area is 240 Å². The quantitative estimate of drug-likeness (QED) is 0.375. The van der Waals surface area contributed by atoms with E-state index >= 15 is 0 Å². The number of carboxylic acid groups (broad SMARTS) is 1. The molecule has 42 heavy (non-hydrogen) atoms. The van der Waals surface area contributed by atoms with Crippen molar-refractivity contribution in [3.8, 4) is 5.75 Å².